The van der Waals surface area contributed by atoms with Crippen molar-refractivity contribution in [3.63, 3.8) is 0 Å². The van der Waals surface area contributed by atoms with Crippen LogP contribution >= 0.6 is 22.9 Å². The molecule has 0 fully saturated rings. The van der Waals surface area contributed by atoms with Gasteiger partial charge in [0, 0.05) is 16.5 Å². The van der Waals surface area contributed by atoms with Gasteiger partial charge in [0.05, 0.1) is 10.6 Å². The van der Waals surface area contributed by atoms with Crippen LogP contribution < -0.4 is 5.32 Å². The van der Waals surface area contributed by atoms with Crippen molar-refractivity contribution in [3.8, 4) is 6.07 Å². The van der Waals surface area contributed by atoms with Gasteiger partial charge in [-0.2, -0.15) is 5.26 Å². The lowest BCUT2D eigenvalue weighted by atomic mass is 10.2. The van der Waals surface area contributed by atoms with Gasteiger partial charge in [0.15, 0.2) is 0 Å². The van der Waals surface area contributed by atoms with E-state index in [1.807, 2.05) is 13.8 Å². The minimum Gasteiger partial charge on any atom is -0.313 e. The van der Waals surface area contributed by atoms with E-state index >= 15 is 0 Å². The second-order valence-electron chi connectivity index (χ2n) is 4.56. The van der Waals surface area contributed by atoms with Gasteiger partial charge in [-0.1, -0.05) is 17.7 Å². The largest absolute Gasteiger partial charge is 0.313 e. The lowest BCUT2D eigenvalue weighted by molar-refractivity contribution is -0.111. The average molecular weight is 335 g/mol. The van der Waals surface area contributed by atoms with E-state index in [0.717, 1.165) is 10.4 Å². The molecular weight excluding hydrogens is 323 g/mol. The van der Waals surface area contributed by atoms with Crippen molar-refractivity contribution in [1.29, 1.82) is 5.26 Å². The highest BCUT2D eigenvalue weighted by atomic mass is 35.5. The number of nitrogens with zero attached hydrogens (tertiary/aromatic N) is 1. The highest BCUT2D eigenvalue weighted by molar-refractivity contribution is 7.16. The zero-order valence-electron chi connectivity index (χ0n) is 11.9. The van der Waals surface area contributed by atoms with Crippen LogP contribution in [0.1, 0.15) is 21.6 Å². The molecule has 0 atom stereocenters. The Bertz CT molecular complexity index is 785. The molecule has 22 heavy (non-hydrogen) atoms. The second-order valence-corrected chi connectivity index (χ2v) is 6.19. The zero-order valence-corrected chi connectivity index (χ0v) is 13.5. The van der Waals surface area contributed by atoms with Gasteiger partial charge >= 0.3 is 0 Å². The molecule has 1 amide bonds. The van der Waals surface area contributed by atoms with Gasteiger partial charge in [0.25, 0.3) is 0 Å². The van der Waals surface area contributed by atoms with Crippen LogP contribution in [0.2, 0.25) is 5.02 Å². The van der Waals surface area contributed by atoms with E-state index in [-0.39, 0.29) is 10.6 Å². The van der Waals surface area contributed by atoms with Crippen molar-refractivity contribution in [1.82, 2.24) is 0 Å². The SMILES string of the molecule is Cc1sc(NC(=O)C=Cc2c(F)cccc2Cl)c(C#N)c1C. The normalized spacial score (nSPS) is 10.7. The molecule has 0 unspecified atom stereocenters. The Morgan fingerprint density at radius 1 is 1.45 bits per heavy atom. The van der Waals surface area contributed by atoms with Crippen molar-refractivity contribution in [2.45, 2.75) is 13.8 Å². The maximum Gasteiger partial charge on any atom is 0.249 e. The highest BCUT2D eigenvalue weighted by Crippen LogP contribution is 2.31. The van der Waals surface area contributed by atoms with E-state index in [2.05, 4.69) is 11.4 Å². The predicted octanol–water partition coefficient (Wildman–Crippen LogP) is 4.68. The first-order valence-corrected chi connectivity index (χ1v) is 7.56. The topological polar surface area (TPSA) is 52.9 Å². The first-order chi connectivity index (χ1) is 10.4. The molecule has 0 aliphatic carbocycles. The van der Waals surface area contributed by atoms with E-state index in [0.29, 0.717) is 10.6 Å². The molecule has 112 valence electrons. The molecule has 1 N–H and O–H groups in total. The number of carbonyl (C=O) groups is 1. The standard InChI is InChI=1S/C16H12ClFN2OS/c1-9-10(2)22-16(12(9)8-19)20-15(21)7-6-11-13(17)4-3-5-14(11)18/h3-7H,1-2H3,(H,20,21). The molecule has 2 rings (SSSR count). The summed E-state index contributed by atoms with van der Waals surface area (Å²) in [5.41, 5.74) is 1.45. The number of nitriles is 1. The molecule has 2 aromatic rings. The first-order valence-electron chi connectivity index (χ1n) is 6.37. The Labute approximate surface area is 136 Å². The number of carbonyl (C=O) groups excluding carboxylic acids is 1. The van der Waals surface area contributed by atoms with Gasteiger partial charge in [-0.25, -0.2) is 4.39 Å². The predicted molar refractivity (Wildman–Crippen MR) is 87.6 cm³/mol. The van der Waals surface area contributed by atoms with E-state index in [4.69, 9.17) is 16.9 Å². The fourth-order valence-corrected chi connectivity index (χ4v) is 3.07. The maximum absolute atomic E-state index is 13.6. The summed E-state index contributed by atoms with van der Waals surface area (Å²) in [4.78, 5) is 12.9. The molecule has 1 aromatic heterocycles. The summed E-state index contributed by atoms with van der Waals surface area (Å²) in [6.45, 7) is 3.71. The number of amides is 1. The van der Waals surface area contributed by atoms with Gasteiger partial charge in [-0.15, -0.1) is 11.3 Å². The van der Waals surface area contributed by atoms with Crippen LogP contribution in [0, 0.1) is 31.0 Å². The number of halogens is 2. The number of rotatable bonds is 3. The molecule has 0 bridgehead atoms. The Hall–Kier alpha value is -2.16. The van der Waals surface area contributed by atoms with Gasteiger partial charge in [-0.05, 0) is 37.6 Å². The number of hydrogen-bond acceptors (Lipinski definition) is 3. The smallest absolute Gasteiger partial charge is 0.249 e. The van der Waals surface area contributed by atoms with Gasteiger partial charge < -0.3 is 5.32 Å². The molecule has 0 aliphatic rings. The summed E-state index contributed by atoms with van der Waals surface area (Å²) in [7, 11) is 0. The molecule has 0 saturated heterocycles. The van der Waals surface area contributed by atoms with Gasteiger partial charge in [0.2, 0.25) is 5.91 Å². The summed E-state index contributed by atoms with van der Waals surface area (Å²) in [5, 5.41) is 12.5. The minimum absolute atomic E-state index is 0.151. The van der Waals surface area contributed by atoms with Crippen molar-refractivity contribution in [3.05, 3.63) is 56.7 Å². The molecular formula is C16H12ClFN2OS. The van der Waals surface area contributed by atoms with Crippen LogP contribution in [0.5, 0.6) is 0 Å². The van der Waals surface area contributed by atoms with Crippen LogP contribution in [0.3, 0.4) is 0 Å². The second kappa shape index (κ2) is 6.73. The van der Waals surface area contributed by atoms with Crippen LogP contribution in [-0.4, -0.2) is 5.91 Å². The molecule has 6 heteroatoms. The monoisotopic (exact) mass is 334 g/mol. The third-order valence-electron chi connectivity index (χ3n) is 3.13. The number of anilines is 1. The van der Waals surface area contributed by atoms with Crippen LogP contribution in [0.15, 0.2) is 24.3 Å². The van der Waals surface area contributed by atoms with Crippen LogP contribution in [0.4, 0.5) is 9.39 Å². The molecule has 3 nitrogen and oxygen atoms in total. The van der Waals surface area contributed by atoms with Crippen molar-refractivity contribution in [2.24, 2.45) is 0 Å². The van der Waals surface area contributed by atoms with E-state index in [9.17, 15) is 9.18 Å². The highest BCUT2D eigenvalue weighted by Gasteiger charge is 2.13. The van der Waals surface area contributed by atoms with Gasteiger partial charge in [0.1, 0.15) is 16.9 Å². The third kappa shape index (κ3) is 3.35. The Morgan fingerprint density at radius 2 is 2.18 bits per heavy atom. The summed E-state index contributed by atoms with van der Waals surface area (Å²) in [6.07, 6.45) is 2.50. The lowest BCUT2D eigenvalue weighted by Crippen LogP contribution is -2.07. The fourth-order valence-electron chi connectivity index (χ4n) is 1.83. The molecule has 0 saturated carbocycles. The lowest BCUT2D eigenvalue weighted by Gasteiger charge is -2.01. The Kier molecular flexibility index (Phi) is 4.96. The minimum atomic E-state index is -0.503. The number of thiophene rings is 1. The first kappa shape index (κ1) is 16.2. The number of benzene rings is 1. The van der Waals surface area contributed by atoms with E-state index < -0.39 is 11.7 Å². The summed E-state index contributed by atoms with van der Waals surface area (Å²) in [6, 6.07) is 6.37. The summed E-state index contributed by atoms with van der Waals surface area (Å²) in [5.74, 6) is -0.950. The molecule has 0 aliphatic heterocycles. The molecule has 0 radical (unpaired) electrons. The third-order valence-corrected chi connectivity index (χ3v) is 4.59. The van der Waals surface area contributed by atoms with E-state index in [1.54, 1.807) is 6.07 Å². The van der Waals surface area contributed by atoms with Crippen LogP contribution in [0.25, 0.3) is 6.08 Å². The van der Waals surface area contributed by atoms with Crippen molar-refractivity contribution < 1.29 is 9.18 Å². The van der Waals surface area contributed by atoms with Crippen LogP contribution in [-0.2, 0) is 4.79 Å². The quantitative estimate of drug-likeness (QED) is 0.828. The number of nitrogens with one attached hydrogen (secondary N) is 1. The maximum atomic E-state index is 13.6. The molecule has 1 heterocycles. The number of hydrogen-bond donors (Lipinski definition) is 1. The number of aryl methyl sites for hydroxylation is 1. The fraction of sp³-hybridized carbons (Fsp3) is 0.125. The zero-order chi connectivity index (χ0) is 16.3. The van der Waals surface area contributed by atoms with E-state index in [1.165, 1.54) is 35.6 Å². The average Bonchev–Trinajstić information content (AvgIpc) is 2.72. The summed E-state index contributed by atoms with van der Waals surface area (Å²) < 4.78 is 13.6. The Morgan fingerprint density at radius 3 is 2.82 bits per heavy atom. The molecule has 0 spiro atoms. The van der Waals surface area contributed by atoms with Crippen molar-refractivity contribution in [2.75, 3.05) is 5.32 Å². The summed E-state index contributed by atoms with van der Waals surface area (Å²) >= 11 is 7.21. The van der Waals surface area contributed by atoms with Crippen molar-refractivity contribution >= 4 is 39.9 Å². The Balaban J connectivity index is 2.19. The van der Waals surface area contributed by atoms with Gasteiger partial charge in [-0.3, -0.25) is 4.79 Å². The molecule has 1 aromatic carbocycles.